The van der Waals surface area contributed by atoms with E-state index >= 15 is 0 Å². The standard InChI is InChI=1S/C12H13N3S/c1-15-9-10(5-11(15)6-13)7-14-8-12-3-2-4-16-12/h2-5,9,14H,7-8H2,1H3. The molecule has 0 amide bonds. The van der Waals surface area contributed by atoms with Gasteiger partial charge in [-0.2, -0.15) is 5.26 Å². The summed E-state index contributed by atoms with van der Waals surface area (Å²) in [5.41, 5.74) is 1.85. The first-order chi connectivity index (χ1) is 7.79. The zero-order valence-corrected chi connectivity index (χ0v) is 9.92. The highest BCUT2D eigenvalue weighted by molar-refractivity contribution is 7.09. The van der Waals surface area contributed by atoms with Crippen LogP contribution in [-0.2, 0) is 20.1 Å². The zero-order chi connectivity index (χ0) is 11.4. The Morgan fingerprint density at radius 1 is 1.50 bits per heavy atom. The molecule has 0 saturated heterocycles. The quantitative estimate of drug-likeness (QED) is 0.876. The minimum absolute atomic E-state index is 0.702. The zero-order valence-electron chi connectivity index (χ0n) is 9.10. The van der Waals surface area contributed by atoms with Gasteiger partial charge in [-0.15, -0.1) is 11.3 Å². The van der Waals surface area contributed by atoms with Gasteiger partial charge in [0.05, 0.1) is 0 Å². The average Bonchev–Trinajstić information content (AvgIpc) is 2.88. The van der Waals surface area contributed by atoms with Crippen molar-refractivity contribution in [3.8, 4) is 6.07 Å². The molecule has 1 N–H and O–H groups in total. The third-order valence-electron chi connectivity index (χ3n) is 2.38. The van der Waals surface area contributed by atoms with Crippen LogP contribution < -0.4 is 5.32 Å². The lowest BCUT2D eigenvalue weighted by molar-refractivity contribution is 0.699. The Morgan fingerprint density at radius 3 is 3.00 bits per heavy atom. The summed E-state index contributed by atoms with van der Waals surface area (Å²) in [6.07, 6.45) is 1.99. The molecule has 16 heavy (non-hydrogen) atoms. The number of nitriles is 1. The van der Waals surface area contributed by atoms with Crippen molar-refractivity contribution in [3.05, 3.63) is 45.9 Å². The number of nitrogens with one attached hydrogen (secondary N) is 1. The van der Waals surface area contributed by atoms with Gasteiger partial charge in [-0.05, 0) is 23.1 Å². The summed E-state index contributed by atoms with van der Waals surface area (Å²) in [7, 11) is 1.89. The SMILES string of the molecule is Cn1cc(CNCc2cccs2)cc1C#N. The maximum Gasteiger partial charge on any atom is 0.120 e. The van der Waals surface area contributed by atoms with Crippen LogP contribution in [0.1, 0.15) is 16.1 Å². The Balaban J connectivity index is 1.88. The van der Waals surface area contributed by atoms with E-state index in [1.807, 2.05) is 23.9 Å². The second kappa shape index (κ2) is 4.97. The van der Waals surface area contributed by atoms with Crippen LogP contribution in [0.3, 0.4) is 0 Å². The third kappa shape index (κ3) is 2.51. The van der Waals surface area contributed by atoms with Crippen molar-refractivity contribution < 1.29 is 0 Å². The minimum atomic E-state index is 0.702. The molecule has 4 heteroatoms. The monoisotopic (exact) mass is 231 g/mol. The number of hydrogen-bond donors (Lipinski definition) is 1. The van der Waals surface area contributed by atoms with Crippen LogP contribution in [0.25, 0.3) is 0 Å². The van der Waals surface area contributed by atoms with E-state index in [2.05, 4.69) is 28.9 Å². The molecule has 0 aliphatic rings. The fourth-order valence-corrected chi connectivity index (χ4v) is 2.26. The third-order valence-corrected chi connectivity index (χ3v) is 3.26. The summed E-state index contributed by atoms with van der Waals surface area (Å²) in [6, 6.07) is 8.24. The Hall–Kier alpha value is -1.57. The number of hydrogen-bond acceptors (Lipinski definition) is 3. The summed E-state index contributed by atoms with van der Waals surface area (Å²) in [5, 5.41) is 14.3. The smallest absolute Gasteiger partial charge is 0.120 e. The van der Waals surface area contributed by atoms with Crippen molar-refractivity contribution >= 4 is 11.3 Å². The summed E-state index contributed by atoms with van der Waals surface area (Å²) in [5.74, 6) is 0. The maximum absolute atomic E-state index is 8.82. The van der Waals surface area contributed by atoms with E-state index < -0.39 is 0 Å². The number of rotatable bonds is 4. The van der Waals surface area contributed by atoms with Gasteiger partial charge in [0.25, 0.3) is 0 Å². The first-order valence-electron chi connectivity index (χ1n) is 5.08. The van der Waals surface area contributed by atoms with Gasteiger partial charge < -0.3 is 9.88 Å². The number of thiophene rings is 1. The van der Waals surface area contributed by atoms with Gasteiger partial charge in [0.2, 0.25) is 0 Å². The highest BCUT2D eigenvalue weighted by atomic mass is 32.1. The van der Waals surface area contributed by atoms with Crippen molar-refractivity contribution in [1.29, 1.82) is 5.26 Å². The molecular weight excluding hydrogens is 218 g/mol. The van der Waals surface area contributed by atoms with Gasteiger partial charge in [-0.1, -0.05) is 6.07 Å². The lowest BCUT2D eigenvalue weighted by Crippen LogP contribution is -2.11. The second-order valence-electron chi connectivity index (χ2n) is 3.64. The molecule has 0 spiro atoms. The Labute approximate surface area is 99.0 Å². The largest absolute Gasteiger partial charge is 0.342 e. The van der Waals surface area contributed by atoms with Gasteiger partial charge in [0.1, 0.15) is 11.8 Å². The second-order valence-corrected chi connectivity index (χ2v) is 4.67. The Kier molecular flexibility index (Phi) is 3.40. The fourth-order valence-electron chi connectivity index (χ4n) is 1.58. The van der Waals surface area contributed by atoms with Crippen LogP contribution in [0.15, 0.2) is 29.8 Å². The van der Waals surface area contributed by atoms with Crippen LogP contribution in [0, 0.1) is 11.3 Å². The average molecular weight is 231 g/mol. The lowest BCUT2D eigenvalue weighted by atomic mass is 10.3. The van der Waals surface area contributed by atoms with Gasteiger partial charge in [0.15, 0.2) is 0 Å². The summed E-state index contributed by atoms with van der Waals surface area (Å²) < 4.78 is 1.85. The summed E-state index contributed by atoms with van der Waals surface area (Å²) in [6.45, 7) is 1.68. The summed E-state index contributed by atoms with van der Waals surface area (Å²) in [4.78, 5) is 1.33. The van der Waals surface area contributed by atoms with Crippen LogP contribution in [-0.4, -0.2) is 4.57 Å². The van der Waals surface area contributed by atoms with E-state index in [9.17, 15) is 0 Å². The molecular formula is C12H13N3S. The molecule has 0 atom stereocenters. The number of nitrogens with zero attached hydrogens (tertiary/aromatic N) is 2. The molecule has 0 radical (unpaired) electrons. The first kappa shape index (κ1) is 10.9. The molecule has 2 aromatic rings. The normalized spacial score (nSPS) is 10.2. The van der Waals surface area contributed by atoms with Gasteiger partial charge in [0, 0.05) is 31.2 Å². The molecule has 2 heterocycles. The van der Waals surface area contributed by atoms with E-state index in [0.29, 0.717) is 5.69 Å². The molecule has 3 nitrogen and oxygen atoms in total. The highest BCUT2D eigenvalue weighted by Crippen LogP contribution is 2.09. The van der Waals surface area contributed by atoms with Crippen LogP contribution in [0.4, 0.5) is 0 Å². The van der Waals surface area contributed by atoms with Crippen molar-refractivity contribution in [1.82, 2.24) is 9.88 Å². The predicted octanol–water partition coefficient (Wildman–Crippen LogP) is 2.25. The molecule has 0 unspecified atom stereocenters. The highest BCUT2D eigenvalue weighted by Gasteiger charge is 2.01. The van der Waals surface area contributed by atoms with Crippen molar-refractivity contribution in [2.45, 2.75) is 13.1 Å². The lowest BCUT2D eigenvalue weighted by Gasteiger charge is -2.00. The van der Waals surface area contributed by atoms with Crippen molar-refractivity contribution in [3.63, 3.8) is 0 Å². The van der Waals surface area contributed by atoms with Crippen molar-refractivity contribution in [2.75, 3.05) is 0 Å². The van der Waals surface area contributed by atoms with E-state index in [-0.39, 0.29) is 0 Å². The molecule has 0 fully saturated rings. The molecule has 2 rings (SSSR count). The molecule has 0 bridgehead atoms. The van der Waals surface area contributed by atoms with Crippen LogP contribution in [0.5, 0.6) is 0 Å². The topological polar surface area (TPSA) is 40.8 Å². The molecule has 0 aliphatic carbocycles. The first-order valence-corrected chi connectivity index (χ1v) is 5.96. The minimum Gasteiger partial charge on any atom is -0.342 e. The molecule has 82 valence electrons. The van der Waals surface area contributed by atoms with Crippen molar-refractivity contribution in [2.24, 2.45) is 7.05 Å². The van der Waals surface area contributed by atoms with Gasteiger partial charge in [-0.25, -0.2) is 0 Å². The molecule has 2 aromatic heterocycles. The van der Waals surface area contributed by atoms with E-state index in [4.69, 9.17) is 5.26 Å². The summed E-state index contributed by atoms with van der Waals surface area (Å²) >= 11 is 1.75. The fraction of sp³-hybridized carbons (Fsp3) is 0.250. The van der Waals surface area contributed by atoms with E-state index in [1.54, 1.807) is 11.3 Å². The predicted molar refractivity (Wildman–Crippen MR) is 65.0 cm³/mol. The Bertz CT molecular complexity index is 491. The molecule has 0 aliphatic heterocycles. The van der Waals surface area contributed by atoms with Gasteiger partial charge >= 0.3 is 0 Å². The van der Waals surface area contributed by atoms with E-state index in [1.165, 1.54) is 4.88 Å². The number of aromatic nitrogens is 1. The number of aryl methyl sites for hydroxylation is 1. The Morgan fingerprint density at radius 2 is 2.38 bits per heavy atom. The molecule has 0 saturated carbocycles. The van der Waals surface area contributed by atoms with Crippen LogP contribution >= 0.6 is 11.3 Å². The van der Waals surface area contributed by atoms with Crippen LogP contribution in [0.2, 0.25) is 0 Å². The molecule has 0 aromatic carbocycles. The maximum atomic E-state index is 8.82. The van der Waals surface area contributed by atoms with Gasteiger partial charge in [-0.3, -0.25) is 0 Å². The van der Waals surface area contributed by atoms with E-state index in [0.717, 1.165) is 18.7 Å².